The second-order valence-electron chi connectivity index (χ2n) is 6.03. The molecule has 24 heavy (non-hydrogen) atoms. The van der Waals surface area contributed by atoms with Crippen LogP contribution in [0.1, 0.15) is 36.7 Å². The SMILES string of the molecule is Cc1cccc(C)c1-n1c(-c2[c-]cc(F)cc2)nnc1C(C)C.[Ir]. The summed E-state index contributed by atoms with van der Waals surface area (Å²) in [4.78, 5) is 0. The van der Waals surface area contributed by atoms with E-state index in [0.717, 1.165) is 28.2 Å². The molecule has 0 aliphatic carbocycles. The van der Waals surface area contributed by atoms with Crippen molar-refractivity contribution in [3.8, 4) is 17.1 Å². The first-order valence-corrected chi connectivity index (χ1v) is 7.68. The summed E-state index contributed by atoms with van der Waals surface area (Å²) < 4.78 is 15.3. The minimum atomic E-state index is -0.309. The summed E-state index contributed by atoms with van der Waals surface area (Å²) in [6.45, 7) is 8.33. The van der Waals surface area contributed by atoms with Gasteiger partial charge in [-0.2, -0.15) is 5.10 Å². The third kappa shape index (κ3) is 3.33. The molecule has 0 amide bonds. The van der Waals surface area contributed by atoms with Crippen molar-refractivity contribution in [3.63, 3.8) is 0 Å². The van der Waals surface area contributed by atoms with Gasteiger partial charge in [-0.25, -0.2) is 0 Å². The zero-order valence-electron chi connectivity index (χ0n) is 14.1. The predicted molar refractivity (Wildman–Crippen MR) is 89.2 cm³/mol. The van der Waals surface area contributed by atoms with Gasteiger partial charge >= 0.3 is 0 Å². The summed E-state index contributed by atoms with van der Waals surface area (Å²) in [6.07, 6.45) is 0. The Morgan fingerprint density at radius 1 is 1.04 bits per heavy atom. The molecule has 2 aromatic carbocycles. The van der Waals surface area contributed by atoms with Crippen LogP contribution in [0.3, 0.4) is 0 Å². The second kappa shape index (κ2) is 7.37. The molecule has 3 nitrogen and oxygen atoms in total. The number of hydrogen-bond acceptors (Lipinski definition) is 2. The molecule has 0 spiro atoms. The number of hydrogen-bond donors (Lipinski definition) is 0. The summed E-state index contributed by atoms with van der Waals surface area (Å²) >= 11 is 0. The molecular formula is C19H19FIrN3-. The van der Waals surface area contributed by atoms with E-state index < -0.39 is 0 Å². The second-order valence-corrected chi connectivity index (χ2v) is 6.03. The maximum absolute atomic E-state index is 13.2. The Labute approximate surface area is 155 Å². The zero-order chi connectivity index (χ0) is 16.6. The van der Waals surface area contributed by atoms with Crippen molar-refractivity contribution in [2.45, 2.75) is 33.6 Å². The molecular weight excluding hydrogens is 481 g/mol. The van der Waals surface area contributed by atoms with Crippen molar-refractivity contribution < 1.29 is 24.5 Å². The Kier molecular flexibility index (Phi) is 5.68. The maximum atomic E-state index is 13.2. The van der Waals surface area contributed by atoms with Crippen LogP contribution in [0.2, 0.25) is 0 Å². The van der Waals surface area contributed by atoms with Crippen LogP contribution in [0.5, 0.6) is 0 Å². The monoisotopic (exact) mass is 501 g/mol. The van der Waals surface area contributed by atoms with E-state index in [1.807, 2.05) is 6.07 Å². The van der Waals surface area contributed by atoms with Gasteiger partial charge < -0.3 is 4.57 Å². The van der Waals surface area contributed by atoms with E-state index in [9.17, 15) is 4.39 Å². The third-order valence-electron chi connectivity index (χ3n) is 3.88. The van der Waals surface area contributed by atoms with Crippen molar-refractivity contribution >= 4 is 0 Å². The quantitative estimate of drug-likeness (QED) is 0.492. The van der Waals surface area contributed by atoms with E-state index in [-0.39, 0.29) is 31.8 Å². The first kappa shape index (κ1) is 18.5. The Morgan fingerprint density at radius 3 is 2.25 bits per heavy atom. The smallest absolute Gasteiger partial charge is 0.131 e. The minimum Gasteiger partial charge on any atom is -0.319 e. The van der Waals surface area contributed by atoms with Gasteiger partial charge in [0.15, 0.2) is 0 Å². The van der Waals surface area contributed by atoms with Crippen LogP contribution in [0.15, 0.2) is 36.4 Å². The molecule has 0 unspecified atom stereocenters. The Bertz CT molecular complexity index is 818. The van der Waals surface area contributed by atoms with Crippen molar-refractivity contribution in [1.29, 1.82) is 0 Å². The summed E-state index contributed by atoms with van der Waals surface area (Å²) in [5.41, 5.74) is 4.10. The molecule has 0 atom stereocenters. The molecule has 0 saturated carbocycles. The minimum absolute atomic E-state index is 0. The fourth-order valence-corrected chi connectivity index (χ4v) is 2.77. The third-order valence-corrected chi connectivity index (χ3v) is 3.88. The molecule has 3 aromatic rings. The Hall–Kier alpha value is -1.84. The molecule has 127 valence electrons. The van der Waals surface area contributed by atoms with Gasteiger partial charge in [-0.1, -0.05) is 32.0 Å². The molecule has 1 heterocycles. The van der Waals surface area contributed by atoms with E-state index in [2.05, 4.69) is 60.7 Å². The number of aromatic nitrogens is 3. The van der Waals surface area contributed by atoms with Gasteiger partial charge in [-0.05, 0) is 25.0 Å². The standard InChI is InChI=1S/C19H19FN3.Ir/c1-12(2)18-21-22-19(15-8-10-16(20)11-9-15)23(18)17-13(3)6-5-7-14(17)4;/h5-8,10-12H,1-4H3;/q-1;. The van der Waals surface area contributed by atoms with Crippen LogP contribution in [0, 0.1) is 25.7 Å². The Morgan fingerprint density at radius 2 is 1.71 bits per heavy atom. The molecule has 0 bridgehead atoms. The molecule has 1 radical (unpaired) electrons. The van der Waals surface area contributed by atoms with Crippen molar-refractivity contribution in [2.24, 2.45) is 0 Å². The topological polar surface area (TPSA) is 30.7 Å². The molecule has 0 aliphatic rings. The molecule has 0 fully saturated rings. The first-order chi connectivity index (χ1) is 11.0. The van der Waals surface area contributed by atoms with E-state index in [0.29, 0.717) is 5.82 Å². The fourth-order valence-electron chi connectivity index (χ4n) is 2.77. The van der Waals surface area contributed by atoms with Crippen LogP contribution in [-0.2, 0) is 20.1 Å². The van der Waals surface area contributed by atoms with Gasteiger partial charge in [0, 0.05) is 37.5 Å². The summed E-state index contributed by atoms with van der Waals surface area (Å²) in [5, 5.41) is 8.73. The van der Waals surface area contributed by atoms with Gasteiger partial charge in [0.1, 0.15) is 5.82 Å². The number of aryl methyl sites for hydroxylation is 2. The van der Waals surface area contributed by atoms with Crippen molar-refractivity contribution in [2.75, 3.05) is 0 Å². The van der Waals surface area contributed by atoms with Gasteiger partial charge in [-0.15, -0.1) is 34.9 Å². The van der Waals surface area contributed by atoms with Crippen molar-refractivity contribution in [3.05, 3.63) is 65.2 Å². The van der Waals surface area contributed by atoms with Crippen LogP contribution in [-0.4, -0.2) is 14.8 Å². The summed E-state index contributed by atoms with van der Waals surface area (Å²) in [5.74, 6) is 1.48. The molecule has 0 aliphatic heterocycles. The average molecular weight is 501 g/mol. The van der Waals surface area contributed by atoms with Crippen LogP contribution >= 0.6 is 0 Å². The van der Waals surface area contributed by atoms with Gasteiger partial charge in [0.05, 0.1) is 5.82 Å². The number of nitrogens with zero attached hydrogens (tertiary/aromatic N) is 3. The summed E-state index contributed by atoms with van der Waals surface area (Å²) in [6, 6.07) is 13.6. The van der Waals surface area contributed by atoms with Gasteiger partial charge in [-0.3, -0.25) is 4.39 Å². The van der Waals surface area contributed by atoms with Gasteiger partial charge in [0.2, 0.25) is 0 Å². The van der Waals surface area contributed by atoms with E-state index in [1.54, 1.807) is 6.07 Å². The first-order valence-electron chi connectivity index (χ1n) is 7.68. The van der Waals surface area contributed by atoms with Crippen LogP contribution in [0.4, 0.5) is 4.39 Å². The molecule has 3 rings (SSSR count). The average Bonchev–Trinajstić information content (AvgIpc) is 2.93. The van der Waals surface area contributed by atoms with Crippen LogP contribution < -0.4 is 0 Å². The van der Waals surface area contributed by atoms with Crippen molar-refractivity contribution in [1.82, 2.24) is 14.8 Å². The van der Waals surface area contributed by atoms with E-state index in [4.69, 9.17) is 0 Å². The fraction of sp³-hybridized carbons (Fsp3) is 0.263. The molecule has 0 saturated heterocycles. The van der Waals surface area contributed by atoms with E-state index in [1.165, 1.54) is 12.1 Å². The number of rotatable bonds is 3. The predicted octanol–water partition coefficient (Wildman–Crippen LogP) is 4.61. The number of halogens is 1. The maximum Gasteiger partial charge on any atom is 0.131 e. The molecule has 0 N–H and O–H groups in total. The number of benzene rings is 2. The van der Waals surface area contributed by atoms with Crippen LogP contribution in [0.25, 0.3) is 17.1 Å². The van der Waals surface area contributed by atoms with Gasteiger partial charge in [0.25, 0.3) is 0 Å². The molecule has 1 aromatic heterocycles. The normalized spacial score (nSPS) is 10.8. The largest absolute Gasteiger partial charge is 0.319 e. The molecule has 5 heteroatoms. The number of para-hydroxylation sites is 1. The Balaban J connectivity index is 0.00000208. The zero-order valence-corrected chi connectivity index (χ0v) is 16.5. The summed E-state index contributed by atoms with van der Waals surface area (Å²) in [7, 11) is 0. The van der Waals surface area contributed by atoms with E-state index >= 15 is 0 Å².